The van der Waals surface area contributed by atoms with E-state index >= 15 is 0 Å². The molecule has 8 heavy (non-hydrogen) atoms. The summed E-state index contributed by atoms with van der Waals surface area (Å²) in [5.74, 6) is 0. The van der Waals surface area contributed by atoms with Crippen molar-refractivity contribution in [2.75, 3.05) is 0 Å². The fourth-order valence-corrected chi connectivity index (χ4v) is 1.40. The van der Waals surface area contributed by atoms with Crippen molar-refractivity contribution < 1.29 is 15.9 Å². The van der Waals surface area contributed by atoms with Crippen molar-refractivity contribution in [3.8, 4) is 0 Å². The van der Waals surface area contributed by atoms with E-state index in [-0.39, 0.29) is 0 Å². The average molecular weight is 146 g/mol. The molecule has 0 N–H and O–H groups in total. The van der Waals surface area contributed by atoms with Crippen LogP contribution in [0.5, 0.6) is 0 Å². The SMILES string of the molecule is [Cr]=[C]=C1CCCCC1. The van der Waals surface area contributed by atoms with Crippen molar-refractivity contribution in [2.24, 2.45) is 0 Å². The van der Waals surface area contributed by atoms with Gasteiger partial charge < -0.3 is 0 Å². The summed E-state index contributed by atoms with van der Waals surface area (Å²) < 4.78 is 3.10. The van der Waals surface area contributed by atoms with Crippen LogP contribution in [-0.4, -0.2) is 4.54 Å². The molecule has 0 saturated heterocycles. The van der Waals surface area contributed by atoms with Crippen LogP contribution in [0.3, 0.4) is 0 Å². The summed E-state index contributed by atoms with van der Waals surface area (Å²) in [6.45, 7) is 0. The van der Waals surface area contributed by atoms with E-state index in [4.69, 9.17) is 0 Å². The van der Waals surface area contributed by atoms with Crippen LogP contribution in [0.15, 0.2) is 5.57 Å². The summed E-state index contributed by atoms with van der Waals surface area (Å²) in [6.07, 6.45) is 6.75. The molecule has 1 heteroatoms. The van der Waals surface area contributed by atoms with Crippen molar-refractivity contribution in [2.45, 2.75) is 32.1 Å². The molecule has 0 spiro atoms. The van der Waals surface area contributed by atoms with Gasteiger partial charge in [0, 0.05) is 0 Å². The first-order valence-corrected chi connectivity index (χ1v) is 3.80. The topological polar surface area (TPSA) is 0 Å². The van der Waals surface area contributed by atoms with Gasteiger partial charge in [-0.25, -0.2) is 0 Å². The monoisotopic (exact) mass is 146 g/mol. The zero-order chi connectivity index (χ0) is 5.82. The summed E-state index contributed by atoms with van der Waals surface area (Å²) in [4.78, 5) is 0. The number of allylic oxidation sites excluding steroid dienone is 1. The zero-order valence-electron chi connectivity index (χ0n) is 4.94. The molecule has 0 nitrogen and oxygen atoms in total. The molecule has 0 aromatic carbocycles. The molecule has 0 unspecified atom stereocenters. The second-order valence-corrected chi connectivity index (χ2v) is 2.59. The first-order chi connectivity index (χ1) is 3.93. The van der Waals surface area contributed by atoms with Crippen LogP contribution >= 0.6 is 0 Å². The van der Waals surface area contributed by atoms with Gasteiger partial charge in [-0.2, -0.15) is 0 Å². The first-order valence-electron chi connectivity index (χ1n) is 3.16. The quantitative estimate of drug-likeness (QED) is 0.489. The van der Waals surface area contributed by atoms with Crippen LogP contribution in [0.25, 0.3) is 0 Å². The molecule has 44 valence electrons. The fraction of sp³-hybridized carbons (Fsp3) is 0.714. The summed E-state index contributed by atoms with van der Waals surface area (Å²) in [6, 6.07) is 0. The van der Waals surface area contributed by atoms with Crippen molar-refractivity contribution >= 4 is 4.54 Å². The van der Waals surface area contributed by atoms with Crippen molar-refractivity contribution in [3.05, 3.63) is 5.57 Å². The molecule has 0 aliphatic heterocycles. The van der Waals surface area contributed by atoms with Crippen LogP contribution in [-0.2, 0) is 15.9 Å². The summed E-state index contributed by atoms with van der Waals surface area (Å²) >= 11 is 2.83. The Morgan fingerprint density at radius 3 is 2.12 bits per heavy atom. The Hall–Kier alpha value is 0.182. The number of hydrogen-bond donors (Lipinski definition) is 0. The van der Waals surface area contributed by atoms with E-state index in [1.807, 2.05) is 0 Å². The number of hydrogen-bond acceptors (Lipinski definition) is 0. The maximum atomic E-state index is 3.10. The van der Waals surface area contributed by atoms with E-state index in [2.05, 4.69) is 20.4 Å². The van der Waals surface area contributed by atoms with Gasteiger partial charge >= 0.3 is 58.1 Å². The fourth-order valence-electron chi connectivity index (χ4n) is 1.08. The van der Waals surface area contributed by atoms with E-state index in [0.29, 0.717) is 0 Å². The minimum absolute atomic E-state index is 1.28. The predicted molar refractivity (Wildman–Crippen MR) is 31.6 cm³/mol. The Balaban J connectivity index is 2.45. The molecule has 0 aromatic rings. The van der Waals surface area contributed by atoms with Crippen molar-refractivity contribution in [1.82, 2.24) is 0 Å². The van der Waals surface area contributed by atoms with Crippen LogP contribution < -0.4 is 0 Å². The van der Waals surface area contributed by atoms with Crippen molar-refractivity contribution in [3.63, 3.8) is 0 Å². The summed E-state index contributed by atoms with van der Waals surface area (Å²) in [5, 5.41) is 0. The van der Waals surface area contributed by atoms with Gasteiger partial charge in [-0.05, 0) is 0 Å². The summed E-state index contributed by atoms with van der Waals surface area (Å²) in [7, 11) is 0. The van der Waals surface area contributed by atoms with Gasteiger partial charge in [-0.1, -0.05) is 0 Å². The normalized spacial score (nSPS) is 20.2. The van der Waals surface area contributed by atoms with Crippen molar-refractivity contribution in [1.29, 1.82) is 0 Å². The van der Waals surface area contributed by atoms with Gasteiger partial charge in [0.25, 0.3) is 0 Å². The Labute approximate surface area is 58.6 Å². The Kier molecular flexibility index (Phi) is 2.57. The van der Waals surface area contributed by atoms with Gasteiger partial charge in [0.2, 0.25) is 0 Å². The third-order valence-corrected chi connectivity index (χ3v) is 2.05. The second-order valence-electron chi connectivity index (χ2n) is 2.27. The van der Waals surface area contributed by atoms with Crippen LogP contribution in [0.4, 0.5) is 0 Å². The van der Waals surface area contributed by atoms with Gasteiger partial charge in [0.15, 0.2) is 0 Å². The molecular formula is C7H10Cr. The molecule has 0 radical (unpaired) electrons. The molecule has 1 aliphatic rings. The zero-order valence-corrected chi connectivity index (χ0v) is 6.22. The van der Waals surface area contributed by atoms with Gasteiger partial charge in [-0.3, -0.25) is 0 Å². The molecule has 0 amide bonds. The van der Waals surface area contributed by atoms with E-state index < -0.39 is 0 Å². The Morgan fingerprint density at radius 1 is 1.12 bits per heavy atom. The van der Waals surface area contributed by atoms with E-state index in [9.17, 15) is 0 Å². The molecule has 0 bridgehead atoms. The molecule has 0 atom stereocenters. The second kappa shape index (κ2) is 3.26. The first kappa shape index (κ1) is 6.30. The van der Waals surface area contributed by atoms with Crippen LogP contribution in [0.2, 0.25) is 0 Å². The van der Waals surface area contributed by atoms with Crippen LogP contribution in [0, 0.1) is 0 Å². The molecular weight excluding hydrogens is 136 g/mol. The van der Waals surface area contributed by atoms with E-state index in [1.165, 1.54) is 37.7 Å². The minimum atomic E-state index is 1.28. The summed E-state index contributed by atoms with van der Waals surface area (Å²) in [5.41, 5.74) is 1.50. The predicted octanol–water partition coefficient (Wildman–Crippen LogP) is 1.82. The van der Waals surface area contributed by atoms with Gasteiger partial charge in [0.1, 0.15) is 0 Å². The molecule has 1 saturated carbocycles. The van der Waals surface area contributed by atoms with Gasteiger partial charge in [0.05, 0.1) is 0 Å². The third kappa shape index (κ3) is 1.60. The molecule has 1 fully saturated rings. The molecule has 1 rings (SSSR count). The molecule has 0 heterocycles. The maximum absolute atomic E-state index is 3.10. The molecule has 1 aliphatic carbocycles. The van der Waals surface area contributed by atoms with Gasteiger partial charge in [-0.15, -0.1) is 0 Å². The molecule has 0 aromatic heterocycles. The average Bonchev–Trinajstić information content (AvgIpc) is 1.90. The Bertz CT molecular complexity index is 112. The van der Waals surface area contributed by atoms with E-state index in [1.54, 1.807) is 0 Å². The third-order valence-electron chi connectivity index (χ3n) is 1.60. The van der Waals surface area contributed by atoms with E-state index in [0.717, 1.165) is 0 Å². The Morgan fingerprint density at radius 2 is 1.75 bits per heavy atom. The standard InChI is InChI=1S/C7H10.Cr/c1-7-5-3-2-4-6-7;/h2-6H2;. The number of rotatable bonds is 0. The van der Waals surface area contributed by atoms with Crippen LogP contribution in [0.1, 0.15) is 32.1 Å².